The number of thiazole rings is 1. The molecular weight excluding hydrogens is 437 g/mol. The van der Waals surface area contributed by atoms with Crippen molar-refractivity contribution < 1.29 is 9.90 Å². The highest BCUT2D eigenvalue weighted by Gasteiger charge is 2.21. The molecule has 9 nitrogen and oxygen atoms in total. The van der Waals surface area contributed by atoms with Crippen LogP contribution in [-0.4, -0.2) is 36.3 Å². The van der Waals surface area contributed by atoms with Crippen LogP contribution in [0.4, 0.5) is 16.6 Å². The smallest absolute Gasteiger partial charge is 0.410 e. The summed E-state index contributed by atoms with van der Waals surface area (Å²) in [5.41, 5.74) is 7.54. The molecule has 0 bridgehead atoms. The largest absolute Gasteiger partial charge is 0.465 e. The molecule has 1 amide bonds. The average molecular weight is 448 g/mol. The Morgan fingerprint density at radius 2 is 2.03 bits per heavy atom. The fourth-order valence-electron chi connectivity index (χ4n) is 2.59. The molecule has 0 aliphatic rings. The van der Waals surface area contributed by atoms with Gasteiger partial charge in [0, 0.05) is 22.3 Å². The van der Waals surface area contributed by atoms with Crippen molar-refractivity contribution in [1.29, 1.82) is 0 Å². The molecule has 4 rings (SSSR count). The molecule has 0 unspecified atom stereocenters. The van der Waals surface area contributed by atoms with E-state index in [4.69, 9.17) is 39.0 Å². The minimum absolute atomic E-state index is 0.0972. The van der Waals surface area contributed by atoms with Gasteiger partial charge in [-0.3, -0.25) is 10.4 Å². The summed E-state index contributed by atoms with van der Waals surface area (Å²) in [5.74, 6) is 0.715. The molecule has 3 aromatic heterocycles. The highest BCUT2D eigenvalue weighted by Crippen LogP contribution is 2.42. The molecule has 29 heavy (non-hydrogen) atoms. The summed E-state index contributed by atoms with van der Waals surface area (Å²) in [6.45, 7) is 0. The van der Waals surface area contributed by atoms with Crippen LogP contribution in [0.1, 0.15) is 0 Å². The van der Waals surface area contributed by atoms with Gasteiger partial charge in [-0.25, -0.2) is 14.8 Å². The molecule has 0 atom stereocenters. The van der Waals surface area contributed by atoms with Crippen LogP contribution in [0, 0.1) is 0 Å². The third-order valence-electron chi connectivity index (χ3n) is 3.77. The summed E-state index contributed by atoms with van der Waals surface area (Å²) in [4.78, 5) is 24.4. The number of aromatic amines is 1. The van der Waals surface area contributed by atoms with Crippen LogP contribution in [0.3, 0.4) is 0 Å². The molecule has 0 aliphatic heterocycles. The Hall–Kier alpha value is -3.21. The van der Waals surface area contributed by atoms with Crippen molar-refractivity contribution in [3.8, 4) is 32.5 Å². The topological polar surface area (TPSA) is 143 Å². The van der Waals surface area contributed by atoms with Gasteiger partial charge in [0.05, 0.1) is 15.6 Å². The number of nitrogen functional groups attached to an aromatic ring is 1. The zero-order valence-electron chi connectivity index (χ0n) is 14.3. The number of amides is 1. The second kappa shape index (κ2) is 7.66. The van der Waals surface area contributed by atoms with Crippen LogP contribution >= 0.6 is 34.5 Å². The normalized spacial score (nSPS) is 10.8. The van der Waals surface area contributed by atoms with Crippen molar-refractivity contribution in [2.75, 3.05) is 11.1 Å². The van der Waals surface area contributed by atoms with Crippen molar-refractivity contribution in [2.24, 2.45) is 0 Å². The Balaban J connectivity index is 1.87. The van der Waals surface area contributed by atoms with Gasteiger partial charge in [0.25, 0.3) is 0 Å². The minimum atomic E-state index is -1.21. The van der Waals surface area contributed by atoms with Gasteiger partial charge >= 0.3 is 6.09 Å². The number of carboxylic acid groups (broad SMARTS) is 1. The fourth-order valence-corrected chi connectivity index (χ4v) is 4.10. The van der Waals surface area contributed by atoms with Crippen molar-refractivity contribution in [2.45, 2.75) is 0 Å². The monoisotopic (exact) mass is 447 g/mol. The maximum absolute atomic E-state index is 10.9. The number of halogens is 2. The van der Waals surface area contributed by atoms with Gasteiger partial charge < -0.3 is 10.8 Å². The molecule has 3 heterocycles. The van der Waals surface area contributed by atoms with E-state index in [1.165, 1.54) is 17.5 Å². The molecule has 4 aromatic rings. The molecule has 0 fully saturated rings. The van der Waals surface area contributed by atoms with E-state index < -0.39 is 6.09 Å². The third-order valence-corrected chi connectivity index (χ3v) is 5.43. The Morgan fingerprint density at radius 3 is 2.72 bits per heavy atom. The number of hydrogen-bond acceptors (Lipinski definition) is 7. The Morgan fingerprint density at radius 1 is 1.21 bits per heavy atom. The van der Waals surface area contributed by atoms with E-state index in [9.17, 15) is 4.79 Å². The number of nitrogens with two attached hydrogens (primary N) is 1. The number of hydrogen-bond donors (Lipinski definition) is 4. The molecule has 1 aromatic carbocycles. The molecule has 146 valence electrons. The van der Waals surface area contributed by atoms with Crippen LogP contribution in [0.2, 0.25) is 10.0 Å². The maximum atomic E-state index is 10.9. The van der Waals surface area contributed by atoms with E-state index in [0.29, 0.717) is 42.6 Å². The lowest BCUT2D eigenvalue weighted by atomic mass is 10.1. The first-order chi connectivity index (χ1) is 13.9. The van der Waals surface area contributed by atoms with Gasteiger partial charge in [-0.05, 0) is 30.3 Å². The number of nitrogens with one attached hydrogen (secondary N) is 2. The van der Waals surface area contributed by atoms with E-state index in [-0.39, 0.29) is 11.8 Å². The Kier molecular flexibility index (Phi) is 5.05. The minimum Gasteiger partial charge on any atom is -0.465 e. The number of pyridine rings is 1. The van der Waals surface area contributed by atoms with E-state index in [0.717, 1.165) is 0 Å². The van der Waals surface area contributed by atoms with Crippen molar-refractivity contribution >= 4 is 52.4 Å². The first-order valence-corrected chi connectivity index (χ1v) is 9.59. The quantitative estimate of drug-likeness (QED) is 0.356. The van der Waals surface area contributed by atoms with Gasteiger partial charge in [-0.15, -0.1) is 16.4 Å². The number of H-pyrrole nitrogens is 1. The van der Waals surface area contributed by atoms with Gasteiger partial charge in [0.2, 0.25) is 5.95 Å². The highest BCUT2D eigenvalue weighted by atomic mass is 35.5. The lowest BCUT2D eigenvalue weighted by molar-refractivity contribution is 0.209. The highest BCUT2D eigenvalue weighted by molar-refractivity contribution is 7.18. The summed E-state index contributed by atoms with van der Waals surface area (Å²) >= 11 is 13.7. The SMILES string of the molecule is Nc1n[nH]c(-c2sc(-c3ccnc(NC(=O)O)c3)nc2-c2ccc(Cl)cc2Cl)n1. The van der Waals surface area contributed by atoms with E-state index in [2.05, 4.69) is 25.5 Å². The number of aromatic nitrogens is 5. The zero-order chi connectivity index (χ0) is 20.5. The summed E-state index contributed by atoms with van der Waals surface area (Å²) in [6.07, 6.45) is 0.281. The molecular formula is C17H11Cl2N7O2S. The summed E-state index contributed by atoms with van der Waals surface area (Å²) in [6, 6.07) is 8.39. The third kappa shape index (κ3) is 3.99. The molecule has 0 saturated carbocycles. The number of nitrogens with zero attached hydrogens (tertiary/aromatic N) is 4. The van der Waals surface area contributed by atoms with E-state index >= 15 is 0 Å². The number of carbonyl (C=O) groups is 1. The second-order valence-corrected chi connectivity index (χ2v) is 7.57. The zero-order valence-corrected chi connectivity index (χ0v) is 16.7. The first kappa shape index (κ1) is 19.1. The Labute approximate surface area is 177 Å². The van der Waals surface area contributed by atoms with E-state index in [1.54, 1.807) is 30.3 Å². The van der Waals surface area contributed by atoms with Crippen LogP contribution < -0.4 is 11.1 Å². The number of anilines is 2. The maximum Gasteiger partial charge on any atom is 0.410 e. The van der Waals surface area contributed by atoms with Gasteiger partial charge in [-0.2, -0.15) is 4.98 Å². The summed E-state index contributed by atoms with van der Waals surface area (Å²) < 4.78 is 0. The predicted molar refractivity (Wildman–Crippen MR) is 112 cm³/mol. The average Bonchev–Trinajstić information content (AvgIpc) is 3.28. The van der Waals surface area contributed by atoms with Crippen LogP contribution in [0.5, 0.6) is 0 Å². The van der Waals surface area contributed by atoms with Gasteiger partial charge in [-0.1, -0.05) is 23.2 Å². The summed E-state index contributed by atoms with van der Waals surface area (Å²) in [5, 5.41) is 19.3. The molecule has 5 N–H and O–H groups in total. The molecule has 0 radical (unpaired) electrons. The van der Waals surface area contributed by atoms with Crippen molar-refractivity contribution in [1.82, 2.24) is 25.1 Å². The standard InChI is InChI=1S/C17H11Cl2N7O2S/c18-8-1-2-9(10(19)6-8)12-13(14-24-16(20)26-25-14)29-15(23-12)7-3-4-21-11(5-7)22-17(27)28/h1-6H,(H,21,22)(H,27,28)(H3,20,24,25,26). The number of benzene rings is 1. The molecule has 0 aliphatic carbocycles. The second-order valence-electron chi connectivity index (χ2n) is 5.72. The molecule has 12 heteroatoms. The van der Waals surface area contributed by atoms with E-state index in [1.807, 2.05) is 0 Å². The fraction of sp³-hybridized carbons (Fsp3) is 0. The predicted octanol–water partition coefficient (Wildman–Crippen LogP) is 4.64. The van der Waals surface area contributed by atoms with Crippen LogP contribution in [0.25, 0.3) is 32.5 Å². The van der Waals surface area contributed by atoms with Crippen LogP contribution in [-0.2, 0) is 0 Å². The summed E-state index contributed by atoms with van der Waals surface area (Å²) in [7, 11) is 0. The van der Waals surface area contributed by atoms with Crippen LogP contribution in [0.15, 0.2) is 36.5 Å². The molecule has 0 spiro atoms. The first-order valence-electron chi connectivity index (χ1n) is 8.01. The van der Waals surface area contributed by atoms with Crippen molar-refractivity contribution in [3.05, 3.63) is 46.6 Å². The number of rotatable bonds is 4. The van der Waals surface area contributed by atoms with Gasteiger partial charge in [0.15, 0.2) is 5.82 Å². The van der Waals surface area contributed by atoms with Gasteiger partial charge in [0.1, 0.15) is 10.8 Å². The lowest BCUT2D eigenvalue weighted by Gasteiger charge is -2.03. The molecule has 0 saturated heterocycles. The lowest BCUT2D eigenvalue weighted by Crippen LogP contribution is -2.08. The Bertz CT molecular complexity index is 1220. The van der Waals surface area contributed by atoms with Crippen molar-refractivity contribution in [3.63, 3.8) is 0 Å².